The molecule has 0 heterocycles. The predicted octanol–water partition coefficient (Wildman–Crippen LogP) is 3.40. The van der Waals surface area contributed by atoms with Crippen LogP contribution in [-0.4, -0.2) is 24.0 Å². The standard InChI is InChI=1S/C5H12S4/c1-6-8-4-3-5-9-7-2/h3-5H2,1-2H3. The van der Waals surface area contributed by atoms with Crippen LogP contribution in [0.2, 0.25) is 0 Å². The summed E-state index contributed by atoms with van der Waals surface area (Å²) in [6.45, 7) is 0. The number of rotatable bonds is 6. The molecule has 0 aliphatic carbocycles. The van der Waals surface area contributed by atoms with E-state index < -0.39 is 0 Å². The molecule has 9 heavy (non-hydrogen) atoms. The summed E-state index contributed by atoms with van der Waals surface area (Å²) in [6.07, 6.45) is 5.61. The minimum Gasteiger partial charge on any atom is -0.0976 e. The molecule has 0 fully saturated rings. The summed E-state index contributed by atoms with van der Waals surface area (Å²) in [5.41, 5.74) is 0. The highest BCUT2D eigenvalue weighted by Gasteiger charge is 1.86. The van der Waals surface area contributed by atoms with Crippen molar-refractivity contribution in [2.24, 2.45) is 0 Å². The first-order chi connectivity index (χ1) is 4.41. The van der Waals surface area contributed by atoms with Crippen molar-refractivity contribution in [2.75, 3.05) is 24.0 Å². The second kappa shape index (κ2) is 9.40. The average Bonchev–Trinajstić information content (AvgIpc) is 1.89. The zero-order valence-corrected chi connectivity index (χ0v) is 9.02. The summed E-state index contributed by atoms with van der Waals surface area (Å²) >= 11 is 0. The third-order valence-corrected chi connectivity index (χ3v) is 4.49. The average molecular weight is 200 g/mol. The monoisotopic (exact) mass is 200 g/mol. The molecular formula is C5H12S4. The van der Waals surface area contributed by atoms with Crippen molar-refractivity contribution in [1.29, 1.82) is 0 Å². The Morgan fingerprint density at radius 1 is 0.889 bits per heavy atom. The summed E-state index contributed by atoms with van der Waals surface area (Å²) in [7, 11) is 7.63. The van der Waals surface area contributed by atoms with E-state index >= 15 is 0 Å². The molecule has 56 valence electrons. The summed E-state index contributed by atoms with van der Waals surface area (Å²) < 4.78 is 0. The van der Waals surface area contributed by atoms with Gasteiger partial charge in [-0.25, -0.2) is 0 Å². The second-order valence-corrected chi connectivity index (χ2v) is 6.70. The van der Waals surface area contributed by atoms with Gasteiger partial charge in [0.1, 0.15) is 0 Å². The maximum atomic E-state index is 2.13. The first kappa shape index (κ1) is 10.4. The molecule has 0 aromatic carbocycles. The lowest BCUT2D eigenvalue weighted by atomic mass is 10.6. The van der Waals surface area contributed by atoms with E-state index in [4.69, 9.17) is 0 Å². The van der Waals surface area contributed by atoms with Crippen LogP contribution >= 0.6 is 43.2 Å². The van der Waals surface area contributed by atoms with Crippen LogP contribution in [0.5, 0.6) is 0 Å². The molecule has 0 aromatic heterocycles. The molecule has 0 atom stereocenters. The quantitative estimate of drug-likeness (QED) is 0.476. The van der Waals surface area contributed by atoms with Crippen LogP contribution < -0.4 is 0 Å². The van der Waals surface area contributed by atoms with Gasteiger partial charge in [0.2, 0.25) is 0 Å². The Kier molecular flexibility index (Phi) is 10.9. The summed E-state index contributed by atoms with van der Waals surface area (Å²) in [4.78, 5) is 0. The third-order valence-electron chi connectivity index (χ3n) is 0.691. The number of hydrogen-bond donors (Lipinski definition) is 0. The normalized spacial score (nSPS) is 10.0. The van der Waals surface area contributed by atoms with E-state index in [9.17, 15) is 0 Å². The van der Waals surface area contributed by atoms with Gasteiger partial charge in [0.15, 0.2) is 0 Å². The fraction of sp³-hybridized carbons (Fsp3) is 1.00. The highest BCUT2D eigenvalue weighted by Crippen LogP contribution is 2.22. The Labute approximate surface area is 73.5 Å². The number of hydrogen-bond acceptors (Lipinski definition) is 4. The van der Waals surface area contributed by atoms with Gasteiger partial charge in [-0.05, 0) is 18.9 Å². The molecule has 0 spiro atoms. The van der Waals surface area contributed by atoms with Gasteiger partial charge in [0.05, 0.1) is 0 Å². The zero-order chi connectivity index (χ0) is 6.95. The minimum atomic E-state index is 1.30. The van der Waals surface area contributed by atoms with Crippen LogP contribution in [0.3, 0.4) is 0 Å². The van der Waals surface area contributed by atoms with Gasteiger partial charge in [-0.15, -0.1) is 0 Å². The molecule has 4 heteroatoms. The van der Waals surface area contributed by atoms with E-state index in [-0.39, 0.29) is 0 Å². The van der Waals surface area contributed by atoms with Crippen LogP contribution in [0.25, 0.3) is 0 Å². The van der Waals surface area contributed by atoms with Crippen molar-refractivity contribution in [3.05, 3.63) is 0 Å². The fourth-order valence-electron chi connectivity index (χ4n) is 0.343. The molecule has 0 aromatic rings. The summed E-state index contributed by atoms with van der Waals surface area (Å²) in [5.74, 6) is 2.60. The van der Waals surface area contributed by atoms with Gasteiger partial charge < -0.3 is 0 Å². The largest absolute Gasteiger partial charge is 0.0976 e. The molecular weight excluding hydrogens is 188 g/mol. The Bertz CT molecular complexity index is 42.2. The molecule has 0 saturated heterocycles. The second-order valence-electron chi connectivity index (χ2n) is 1.33. The molecule has 0 saturated carbocycles. The molecule has 0 unspecified atom stereocenters. The Hall–Kier alpha value is 1.40. The van der Waals surface area contributed by atoms with Gasteiger partial charge in [-0.3, -0.25) is 0 Å². The van der Waals surface area contributed by atoms with Crippen molar-refractivity contribution in [1.82, 2.24) is 0 Å². The van der Waals surface area contributed by atoms with Crippen LogP contribution in [0.1, 0.15) is 6.42 Å². The first-order valence-electron chi connectivity index (χ1n) is 2.73. The Balaban J connectivity index is 2.60. The molecule has 0 amide bonds. The lowest BCUT2D eigenvalue weighted by molar-refractivity contribution is 1.13. The van der Waals surface area contributed by atoms with Gasteiger partial charge in [-0.1, -0.05) is 43.2 Å². The highest BCUT2D eigenvalue weighted by atomic mass is 33.1. The Morgan fingerprint density at radius 2 is 1.33 bits per heavy atom. The smallest absolute Gasteiger partial charge is 0.00450 e. The SMILES string of the molecule is CSSCCCSSC. The van der Waals surface area contributed by atoms with Crippen molar-refractivity contribution >= 4 is 43.2 Å². The van der Waals surface area contributed by atoms with Gasteiger partial charge >= 0.3 is 0 Å². The zero-order valence-electron chi connectivity index (χ0n) is 5.75. The first-order valence-corrected chi connectivity index (χ1v) is 8.18. The Morgan fingerprint density at radius 3 is 1.67 bits per heavy atom. The molecule has 0 aliphatic heterocycles. The molecule has 0 N–H and O–H groups in total. The highest BCUT2D eigenvalue weighted by molar-refractivity contribution is 8.77. The van der Waals surface area contributed by atoms with Crippen molar-refractivity contribution in [2.45, 2.75) is 6.42 Å². The minimum absolute atomic E-state index is 1.30. The maximum absolute atomic E-state index is 2.13. The third kappa shape index (κ3) is 9.40. The van der Waals surface area contributed by atoms with E-state index in [0.29, 0.717) is 0 Å². The van der Waals surface area contributed by atoms with Crippen molar-refractivity contribution in [3.8, 4) is 0 Å². The van der Waals surface area contributed by atoms with Crippen molar-refractivity contribution in [3.63, 3.8) is 0 Å². The molecule has 0 nitrogen and oxygen atoms in total. The lowest BCUT2D eigenvalue weighted by Crippen LogP contribution is -1.78. The van der Waals surface area contributed by atoms with Gasteiger partial charge in [0, 0.05) is 11.5 Å². The van der Waals surface area contributed by atoms with E-state index in [1.807, 2.05) is 43.2 Å². The lowest BCUT2D eigenvalue weighted by Gasteiger charge is -1.95. The van der Waals surface area contributed by atoms with Gasteiger partial charge in [0.25, 0.3) is 0 Å². The molecule has 0 radical (unpaired) electrons. The van der Waals surface area contributed by atoms with E-state index in [1.54, 1.807) is 0 Å². The van der Waals surface area contributed by atoms with Gasteiger partial charge in [-0.2, -0.15) is 0 Å². The van der Waals surface area contributed by atoms with Crippen LogP contribution in [0, 0.1) is 0 Å². The van der Waals surface area contributed by atoms with E-state index in [0.717, 1.165) is 0 Å². The predicted molar refractivity (Wildman–Crippen MR) is 56.6 cm³/mol. The van der Waals surface area contributed by atoms with E-state index in [2.05, 4.69) is 12.5 Å². The van der Waals surface area contributed by atoms with E-state index in [1.165, 1.54) is 17.9 Å². The summed E-state index contributed by atoms with van der Waals surface area (Å²) in [5, 5.41) is 0. The van der Waals surface area contributed by atoms with Crippen molar-refractivity contribution < 1.29 is 0 Å². The summed E-state index contributed by atoms with van der Waals surface area (Å²) in [6, 6.07) is 0. The molecule has 0 rings (SSSR count). The fourth-order valence-corrected chi connectivity index (χ4v) is 3.09. The topological polar surface area (TPSA) is 0 Å². The van der Waals surface area contributed by atoms with Crippen LogP contribution in [0.15, 0.2) is 0 Å². The van der Waals surface area contributed by atoms with Crippen LogP contribution in [-0.2, 0) is 0 Å². The van der Waals surface area contributed by atoms with Crippen LogP contribution in [0.4, 0.5) is 0 Å². The maximum Gasteiger partial charge on any atom is 0.00450 e. The molecule has 0 aliphatic rings. The molecule has 0 bridgehead atoms.